The van der Waals surface area contributed by atoms with Gasteiger partial charge in [-0.15, -0.1) is 11.3 Å². The van der Waals surface area contributed by atoms with Crippen LogP contribution in [0.25, 0.3) is 0 Å². The molecule has 166 valence electrons. The van der Waals surface area contributed by atoms with E-state index in [0.717, 1.165) is 0 Å². The Morgan fingerprint density at radius 2 is 1.66 bits per heavy atom. The van der Waals surface area contributed by atoms with Crippen LogP contribution in [0.2, 0.25) is 0 Å². The van der Waals surface area contributed by atoms with Crippen LogP contribution in [0, 0.1) is 0 Å². The van der Waals surface area contributed by atoms with Gasteiger partial charge in [-0.2, -0.15) is 0 Å². The van der Waals surface area contributed by atoms with Gasteiger partial charge in [0.15, 0.2) is 16.6 Å². The van der Waals surface area contributed by atoms with Crippen LogP contribution in [0.4, 0.5) is 16.5 Å². The van der Waals surface area contributed by atoms with E-state index >= 15 is 0 Å². The number of carbonyl (C=O) groups excluding carboxylic acids is 3. The zero-order chi connectivity index (χ0) is 23.1. The zero-order valence-electron chi connectivity index (χ0n) is 17.7. The Kier molecular flexibility index (Phi) is 7.40. The van der Waals surface area contributed by atoms with Crippen LogP contribution in [-0.4, -0.2) is 36.9 Å². The van der Waals surface area contributed by atoms with Crippen LogP contribution in [0.15, 0.2) is 47.8 Å². The van der Waals surface area contributed by atoms with E-state index < -0.39 is 0 Å². The topological polar surface area (TPSA) is 119 Å². The van der Waals surface area contributed by atoms with E-state index in [1.165, 1.54) is 32.5 Å². The van der Waals surface area contributed by atoms with Crippen LogP contribution < -0.4 is 25.4 Å². The van der Waals surface area contributed by atoms with Crippen molar-refractivity contribution in [1.29, 1.82) is 0 Å². The maximum atomic E-state index is 12.5. The van der Waals surface area contributed by atoms with Gasteiger partial charge in [-0.05, 0) is 36.4 Å². The Balaban J connectivity index is 1.59. The number of nitrogens with zero attached hydrogens (tertiary/aromatic N) is 1. The average Bonchev–Trinajstić information content (AvgIpc) is 3.19. The van der Waals surface area contributed by atoms with Gasteiger partial charge in [-0.3, -0.25) is 19.7 Å². The summed E-state index contributed by atoms with van der Waals surface area (Å²) in [5.41, 5.74) is 2.05. The van der Waals surface area contributed by atoms with Gasteiger partial charge < -0.3 is 20.1 Å². The molecule has 0 radical (unpaired) electrons. The third-order valence-corrected chi connectivity index (χ3v) is 5.03. The third-order valence-electron chi connectivity index (χ3n) is 4.23. The number of thiazole rings is 1. The molecule has 0 bridgehead atoms. The highest BCUT2D eigenvalue weighted by atomic mass is 32.1. The van der Waals surface area contributed by atoms with E-state index in [1.807, 2.05) is 0 Å². The molecule has 0 aliphatic carbocycles. The molecule has 3 amide bonds. The zero-order valence-corrected chi connectivity index (χ0v) is 18.5. The van der Waals surface area contributed by atoms with E-state index in [1.54, 1.807) is 47.8 Å². The predicted octanol–water partition coefficient (Wildman–Crippen LogP) is 3.55. The summed E-state index contributed by atoms with van der Waals surface area (Å²) < 4.78 is 10.4. The van der Waals surface area contributed by atoms with Gasteiger partial charge in [-0.1, -0.05) is 6.07 Å². The van der Waals surface area contributed by atoms with Crippen LogP contribution in [0.5, 0.6) is 11.5 Å². The summed E-state index contributed by atoms with van der Waals surface area (Å²) in [6.45, 7) is 1.41. The largest absolute Gasteiger partial charge is 0.493 e. The molecule has 0 fully saturated rings. The minimum Gasteiger partial charge on any atom is -0.493 e. The van der Waals surface area contributed by atoms with Crippen molar-refractivity contribution in [2.24, 2.45) is 0 Å². The summed E-state index contributed by atoms with van der Waals surface area (Å²) in [6, 6.07) is 11.7. The molecule has 1 aromatic heterocycles. The van der Waals surface area contributed by atoms with Crippen LogP contribution in [0.1, 0.15) is 23.0 Å². The minimum absolute atomic E-state index is 0.0348. The number of methoxy groups -OCH3 is 2. The first-order valence-corrected chi connectivity index (χ1v) is 10.4. The molecule has 0 saturated heterocycles. The second-order valence-electron chi connectivity index (χ2n) is 6.65. The molecular weight excluding hydrogens is 432 g/mol. The Morgan fingerprint density at radius 3 is 2.34 bits per heavy atom. The molecule has 32 heavy (non-hydrogen) atoms. The molecule has 9 nitrogen and oxygen atoms in total. The van der Waals surface area contributed by atoms with Gasteiger partial charge >= 0.3 is 0 Å². The van der Waals surface area contributed by atoms with Gasteiger partial charge in [0.25, 0.3) is 5.91 Å². The number of nitrogens with one attached hydrogen (secondary N) is 3. The van der Waals surface area contributed by atoms with Crippen LogP contribution in [-0.2, 0) is 16.0 Å². The smallest absolute Gasteiger partial charge is 0.257 e. The fourth-order valence-electron chi connectivity index (χ4n) is 2.84. The molecule has 3 aromatic rings. The number of amides is 3. The summed E-state index contributed by atoms with van der Waals surface area (Å²) in [7, 11) is 3.01. The van der Waals surface area contributed by atoms with Crippen molar-refractivity contribution in [1.82, 2.24) is 4.98 Å². The molecule has 0 spiro atoms. The Morgan fingerprint density at radius 1 is 0.938 bits per heavy atom. The monoisotopic (exact) mass is 454 g/mol. The average molecular weight is 455 g/mol. The van der Waals surface area contributed by atoms with E-state index in [9.17, 15) is 14.4 Å². The Hall–Kier alpha value is -3.92. The molecule has 0 aliphatic heterocycles. The highest BCUT2D eigenvalue weighted by Gasteiger charge is 2.14. The lowest BCUT2D eigenvalue weighted by atomic mass is 10.2. The van der Waals surface area contributed by atoms with Crippen molar-refractivity contribution in [3.05, 3.63) is 59.1 Å². The van der Waals surface area contributed by atoms with Crippen LogP contribution in [0.3, 0.4) is 0 Å². The summed E-state index contributed by atoms with van der Waals surface area (Å²) in [4.78, 5) is 40.3. The quantitative estimate of drug-likeness (QED) is 0.479. The fourth-order valence-corrected chi connectivity index (χ4v) is 3.55. The Bertz CT molecular complexity index is 1140. The first-order valence-electron chi connectivity index (χ1n) is 9.53. The lowest BCUT2D eigenvalue weighted by molar-refractivity contribution is -0.116. The molecule has 0 aliphatic rings. The Labute approximate surface area is 188 Å². The van der Waals surface area contributed by atoms with E-state index in [4.69, 9.17) is 9.47 Å². The minimum atomic E-state index is -0.355. The number of carbonyl (C=O) groups is 3. The van der Waals surface area contributed by atoms with Gasteiger partial charge in [-0.25, -0.2) is 4.98 Å². The number of aromatic nitrogens is 1. The highest BCUT2D eigenvalue weighted by molar-refractivity contribution is 7.14. The van der Waals surface area contributed by atoms with Crippen molar-refractivity contribution in [2.45, 2.75) is 13.3 Å². The van der Waals surface area contributed by atoms with Crippen molar-refractivity contribution < 1.29 is 23.9 Å². The molecule has 2 aromatic carbocycles. The summed E-state index contributed by atoms with van der Waals surface area (Å²) in [5, 5.41) is 10.2. The number of hydrogen-bond donors (Lipinski definition) is 3. The summed E-state index contributed by atoms with van der Waals surface area (Å²) >= 11 is 1.22. The fraction of sp³-hybridized carbons (Fsp3) is 0.182. The highest BCUT2D eigenvalue weighted by Crippen LogP contribution is 2.28. The SMILES string of the molecule is COc1ccc(C(=O)Nc2nc(CC(=O)Nc3cccc(NC(C)=O)c3)cs2)cc1OC. The van der Waals surface area contributed by atoms with Gasteiger partial charge in [0.05, 0.1) is 26.3 Å². The number of rotatable bonds is 8. The molecule has 0 unspecified atom stereocenters. The molecular formula is C22H22N4O5S. The van der Waals surface area contributed by atoms with Gasteiger partial charge in [0.2, 0.25) is 11.8 Å². The number of hydrogen-bond acceptors (Lipinski definition) is 7. The third kappa shape index (κ3) is 6.05. The molecule has 3 rings (SSSR count). The lowest BCUT2D eigenvalue weighted by Crippen LogP contribution is -2.15. The van der Waals surface area contributed by atoms with Gasteiger partial charge in [0.1, 0.15) is 0 Å². The van der Waals surface area contributed by atoms with Crippen molar-refractivity contribution in [3.8, 4) is 11.5 Å². The first kappa shape index (κ1) is 22.8. The first-order chi connectivity index (χ1) is 15.4. The maximum absolute atomic E-state index is 12.5. The molecule has 3 N–H and O–H groups in total. The molecule has 0 saturated carbocycles. The number of benzene rings is 2. The van der Waals surface area contributed by atoms with Crippen molar-refractivity contribution in [3.63, 3.8) is 0 Å². The van der Waals surface area contributed by atoms with Crippen molar-refractivity contribution in [2.75, 3.05) is 30.2 Å². The standard InChI is InChI=1S/C22H22N4O5S/c1-13(27)23-15-5-4-6-16(10-15)24-20(28)11-17-12-32-22(25-17)26-21(29)14-7-8-18(30-2)19(9-14)31-3/h4-10,12H,11H2,1-3H3,(H,23,27)(H,24,28)(H,25,26,29). The summed E-state index contributed by atoms with van der Waals surface area (Å²) in [5.74, 6) is 0.145. The van der Waals surface area contributed by atoms with E-state index in [-0.39, 0.29) is 24.1 Å². The van der Waals surface area contributed by atoms with Crippen molar-refractivity contribution >= 4 is 45.6 Å². The molecule has 10 heteroatoms. The second-order valence-corrected chi connectivity index (χ2v) is 7.51. The number of anilines is 3. The predicted molar refractivity (Wildman–Crippen MR) is 123 cm³/mol. The summed E-state index contributed by atoms with van der Waals surface area (Å²) in [6.07, 6.45) is 0.0348. The lowest BCUT2D eigenvalue weighted by Gasteiger charge is -2.09. The van der Waals surface area contributed by atoms with E-state index in [0.29, 0.717) is 39.3 Å². The maximum Gasteiger partial charge on any atom is 0.257 e. The molecule has 0 atom stereocenters. The molecule has 1 heterocycles. The van der Waals surface area contributed by atoms with Crippen LogP contribution >= 0.6 is 11.3 Å². The normalized spacial score (nSPS) is 10.2. The van der Waals surface area contributed by atoms with Gasteiger partial charge in [0, 0.05) is 29.2 Å². The van der Waals surface area contributed by atoms with E-state index in [2.05, 4.69) is 20.9 Å². The second kappa shape index (κ2) is 10.4. The number of ether oxygens (including phenoxy) is 2.